The van der Waals surface area contributed by atoms with E-state index in [2.05, 4.69) is 86.1 Å². The van der Waals surface area contributed by atoms with Crippen LogP contribution >= 0.6 is 11.8 Å². The Labute approximate surface area is 258 Å². The summed E-state index contributed by atoms with van der Waals surface area (Å²) in [6.45, 7) is 13.3. The molecule has 0 bridgehead atoms. The highest BCUT2D eigenvalue weighted by molar-refractivity contribution is 7.98. The Bertz CT molecular complexity index is 1550. The van der Waals surface area contributed by atoms with Crippen LogP contribution in [0.15, 0.2) is 88.9 Å². The molecule has 4 rings (SSSR count). The fourth-order valence-electron chi connectivity index (χ4n) is 4.98. The molecule has 0 aliphatic carbocycles. The highest BCUT2D eigenvalue weighted by Crippen LogP contribution is 2.27. The lowest BCUT2D eigenvalue weighted by molar-refractivity contribution is -0.134. The van der Waals surface area contributed by atoms with Gasteiger partial charge in [0.25, 0.3) is 5.56 Å². The lowest BCUT2D eigenvalue weighted by Crippen LogP contribution is -2.42. The van der Waals surface area contributed by atoms with Crippen molar-refractivity contribution in [1.82, 2.24) is 19.4 Å². The standard InChI is InChI=1S/C35H41FN4O2S/c1-6-38(7-2)20-21-40(27(5)29-14-16-31(17-15-29)30-12-8-25(3)9-13-30)33(41)23-39-22-26(4)34(42)37-35(39)43-24-28-10-18-32(36)19-11-28/h8-19,22,27H,6-7,20-21,23-24H2,1-5H3. The third-order valence-electron chi connectivity index (χ3n) is 7.83. The number of hydrogen-bond donors (Lipinski definition) is 0. The number of carbonyl (C=O) groups is 1. The lowest BCUT2D eigenvalue weighted by atomic mass is 10.00. The van der Waals surface area contributed by atoms with E-state index in [1.807, 2.05) is 4.90 Å². The van der Waals surface area contributed by atoms with Gasteiger partial charge in [-0.05, 0) is 68.2 Å². The maximum atomic E-state index is 14.0. The molecule has 0 saturated heterocycles. The Hall–Kier alpha value is -3.75. The first-order chi connectivity index (χ1) is 20.7. The van der Waals surface area contributed by atoms with Gasteiger partial charge in [0.15, 0.2) is 5.16 Å². The Morgan fingerprint density at radius 2 is 1.51 bits per heavy atom. The molecule has 0 fully saturated rings. The van der Waals surface area contributed by atoms with Crippen LogP contribution in [-0.2, 0) is 17.1 Å². The Morgan fingerprint density at radius 1 is 0.907 bits per heavy atom. The highest BCUT2D eigenvalue weighted by atomic mass is 32.2. The first-order valence-electron chi connectivity index (χ1n) is 14.8. The molecule has 0 saturated carbocycles. The van der Waals surface area contributed by atoms with E-state index in [9.17, 15) is 14.0 Å². The number of likely N-dealkylation sites (N-methyl/N-ethyl adjacent to an activating group) is 1. The molecular weight excluding hydrogens is 559 g/mol. The van der Waals surface area contributed by atoms with Crippen molar-refractivity contribution in [3.8, 4) is 11.1 Å². The molecule has 0 spiro atoms. The molecule has 226 valence electrons. The second kappa shape index (κ2) is 15.1. The van der Waals surface area contributed by atoms with Crippen LogP contribution in [0.4, 0.5) is 4.39 Å². The van der Waals surface area contributed by atoms with Crippen molar-refractivity contribution < 1.29 is 9.18 Å². The smallest absolute Gasteiger partial charge is 0.276 e. The summed E-state index contributed by atoms with van der Waals surface area (Å²) in [5.41, 5.74) is 5.65. The van der Waals surface area contributed by atoms with Gasteiger partial charge in [-0.25, -0.2) is 4.39 Å². The summed E-state index contributed by atoms with van der Waals surface area (Å²) in [5, 5.41) is 0.465. The maximum absolute atomic E-state index is 14.0. The van der Waals surface area contributed by atoms with Crippen molar-refractivity contribution in [3.63, 3.8) is 0 Å². The molecule has 0 aliphatic rings. The minimum absolute atomic E-state index is 0.0456. The third-order valence-corrected chi connectivity index (χ3v) is 8.90. The molecule has 3 aromatic carbocycles. The summed E-state index contributed by atoms with van der Waals surface area (Å²) in [6, 6.07) is 23.0. The van der Waals surface area contributed by atoms with Gasteiger partial charge in [-0.3, -0.25) is 9.59 Å². The summed E-state index contributed by atoms with van der Waals surface area (Å²) < 4.78 is 15.1. The first kappa shape index (κ1) is 32.2. The fourth-order valence-corrected chi connectivity index (χ4v) is 5.90. The van der Waals surface area contributed by atoms with Crippen LogP contribution in [0.25, 0.3) is 11.1 Å². The average molecular weight is 601 g/mol. The Morgan fingerprint density at radius 3 is 2.12 bits per heavy atom. The van der Waals surface area contributed by atoms with Crippen LogP contribution < -0.4 is 5.56 Å². The van der Waals surface area contributed by atoms with E-state index in [0.29, 0.717) is 23.0 Å². The van der Waals surface area contributed by atoms with Crippen LogP contribution in [0.5, 0.6) is 0 Å². The summed E-state index contributed by atoms with van der Waals surface area (Å²) >= 11 is 1.36. The van der Waals surface area contributed by atoms with Crippen molar-refractivity contribution in [2.24, 2.45) is 0 Å². The Kier molecular flexibility index (Phi) is 11.3. The van der Waals surface area contributed by atoms with Crippen LogP contribution in [0.1, 0.15) is 49.1 Å². The van der Waals surface area contributed by atoms with Gasteiger partial charge >= 0.3 is 0 Å². The second-order valence-corrected chi connectivity index (χ2v) is 11.8. The molecule has 6 nitrogen and oxygen atoms in total. The van der Waals surface area contributed by atoms with Crippen LogP contribution in [0.2, 0.25) is 0 Å². The molecule has 8 heteroatoms. The van der Waals surface area contributed by atoms with Crippen molar-refractivity contribution in [2.75, 3.05) is 26.2 Å². The molecule has 0 radical (unpaired) electrons. The van der Waals surface area contributed by atoms with Crippen LogP contribution in [0, 0.1) is 19.7 Å². The summed E-state index contributed by atoms with van der Waals surface area (Å²) in [4.78, 5) is 35.0. The molecular formula is C35H41FN4O2S. The molecule has 1 heterocycles. The average Bonchev–Trinajstić information content (AvgIpc) is 3.01. The number of nitrogens with zero attached hydrogens (tertiary/aromatic N) is 4. The molecule has 0 aliphatic heterocycles. The normalized spacial score (nSPS) is 12.0. The minimum atomic E-state index is -0.314. The van der Waals surface area contributed by atoms with E-state index >= 15 is 0 Å². The minimum Gasteiger partial charge on any atom is -0.333 e. The van der Waals surface area contributed by atoms with E-state index in [4.69, 9.17) is 0 Å². The van der Waals surface area contributed by atoms with Gasteiger partial charge in [-0.2, -0.15) is 4.98 Å². The number of amides is 1. The van der Waals surface area contributed by atoms with Gasteiger partial charge in [0, 0.05) is 30.6 Å². The monoisotopic (exact) mass is 600 g/mol. The predicted octanol–water partition coefficient (Wildman–Crippen LogP) is 6.89. The van der Waals surface area contributed by atoms with Gasteiger partial charge in [-0.1, -0.05) is 91.8 Å². The largest absolute Gasteiger partial charge is 0.333 e. The zero-order valence-corrected chi connectivity index (χ0v) is 26.5. The number of halogens is 1. The van der Waals surface area contributed by atoms with Gasteiger partial charge < -0.3 is 14.4 Å². The predicted molar refractivity (Wildman–Crippen MR) is 174 cm³/mol. The quantitative estimate of drug-likeness (QED) is 0.124. The van der Waals surface area contributed by atoms with Crippen molar-refractivity contribution in [1.29, 1.82) is 0 Å². The van der Waals surface area contributed by atoms with Gasteiger partial charge in [-0.15, -0.1) is 0 Å². The zero-order valence-electron chi connectivity index (χ0n) is 25.7. The molecule has 1 atom stereocenters. The van der Waals surface area contributed by atoms with Gasteiger partial charge in [0.2, 0.25) is 5.91 Å². The summed E-state index contributed by atoms with van der Waals surface area (Å²) in [6.07, 6.45) is 1.71. The number of carbonyl (C=O) groups excluding carboxylic acids is 1. The number of thioether (sulfide) groups is 1. The number of hydrogen-bond acceptors (Lipinski definition) is 5. The highest BCUT2D eigenvalue weighted by Gasteiger charge is 2.23. The van der Waals surface area contributed by atoms with Gasteiger partial charge in [0.1, 0.15) is 12.4 Å². The first-order valence-corrected chi connectivity index (χ1v) is 15.8. The van der Waals surface area contributed by atoms with Crippen LogP contribution in [-0.4, -0.2) is 51.4 Å². The van der Waals surface area contributed by atoms with E-state index < -0.39 is 0 Å². The second-order valence-electron chi connectivity index (χ2n) is 10.8. The molecule has 0 N–H and O–H groups in total. The summed E-state index contributed by atoms with van der Waals surface area (Å²) in [7, 11) is 0. The zero-order chi connectivity index (χ0) is 30.9. The summed E-state index contributed by atoms with van der Waals surface area (Å²) in [5.74, 6) is 0.156. The molecule has 1 unspecified atom stereocenters. The molecule has 1 aromatic heterocycles. The van der Waals surface area contributed by atoms with E-state index in [0.717, 1.165) is 41.9 Å². The van der Waals surface area contributed by atoms with E-state index in [1.54, 1.807) is 29.8 Å². The van der Waals surface area contributed by atoms with Crippen molar-refractivity contribution in [3.05, 3.63) is 117 Å². The lowest BCUT2D eigenvalue weighted by Gasteiger charge is -2.32. The third kappa shape index (κ3) is 8.65. The van der Waals surface area contributed by atoms with E-state index in [-0.39, 0.29) is 29.9 Å². The van der Waals surface area contributed by atoms with E-state index in [1.165, 1.54) is 29.5 Å². The number of rotatable bonds is 13. The number of aryl methyl sites for hydroxylation is 2. The SMILES string of the molecule is CCN(CC)CCN(C(=O)Cn1cc(C)c(=O)nc1SCc1ccc(F)cc1)C(C)c1ccc(-c2ccc(C)cc2)cc1. The molecule has 43 heavy (non-hydrogen) atoms. The number of benzene rings is 3. The van der Waals surface area contributed by atoms with Crippen molar-refractivity contribution in [2.45, 2.75) is 58.1 Å². The maximum Gasteiger partial charge on any atom is 0.276 e. The van der Waals surface area contributed by atoms with Crippen LogP contribution in [0.3, 0.4) is 0 Å². The fraction of sp³-hybridized carbons (Fsp3) is 0.343. The molecule has 1 amide bonds. The molecule has 4 aromatic rings. The van der Waals surface area contributed by atoms with Gasteiger partial charge in [0.05, 0.1) is 6.04 Å². The van der Waals surface area contributed by atoms with Crippen molar-refractivity contribution >= 4 is 17.7 Å². The number of aromatic nitrogens is 2. The topological polar surface area (TPSA) is 58.4 Å². The Balaban J connectivity index is 1.57.